The molecule has 0 atom stereocenters. The van der Waals surface area contributed by atoms with Crippen LogP contribution >= 0.6 is 0 Å². The fourth-order valence-electron chi connectivity index (χ4n) is 2.26. The number of amides is 1. The molecule has 0 aliphatic carbocycles. The van der Waals surface area contributed by atoms with Gasteiger partial charge in [0.1, 0.15) is 11.1 Å². The Hall–Kier alpha value is -2.15. The average molecular weight is 294 g/mol. The molecule has 1 aromatic heterocycles. The minimum Gasteiger partial charge on any atom is -0.480 e. The van der Waals surface area contributed by atoms with Crippen LogP contribution in [0.1, 0.15) is 28.9 Å². The van der Waals surface area contributed by atoms with Crippen molar-refractivity contribution >= 4 is 11.9 Å². The molecule has 1 amide bonds. The lowest BCUT2D eigenvalue weighted by molar-refractivity contribution is -0.148. The van der Waals surface area contributed by atoms with E-state index in [1.165, 1.54) is 7.11 Å². The van der Waals surface area contributed by atoms with Crippen molar-refractivity contribution < 1.29 is 24.2 Å². The van der Waals surface area contributed by atoms with E-state index in [4.69, 9.17) is 9.47 Å². The quantitative estimate of drug-likeness (QED) is 0.851. The molecule has 1 fully saturated rings. The molecule has 2 rings (SSSR count). The van der Waals surface area contributed by atoms with Crippen LogP contribution in [0.3, 0.4) is 0 Å². The fraction of sp³-hybridized carbons (Fsp3) is 0.500. The smallest absolute Gasteiger partial charge is 0.329 e. The number of methoxy groups -OCH3 is 1. The number of nitrogens with zero attached hydrogens (tertiary/aromatic N) is 1. The third kappa shape index (κ3) is 3.13. The van der Waals surface area contributed by atoms with Gasteiger partial charge in [0.15, 0.2) is 0 Å². The number of carbonyl (C=O) groups is 2. The first kappa shape index (κ1) is 15.2. The van der Waals surface area contributed by atoms with E-state index in [2.05, 4.69) is 10.3 Å². The van der Waals surface area contributed by atoms with E-state index >= 15 is 0 Å². The van der Waals surface area contributed by atoms with Gasteiger partial charge in [-0.05, 0) is 19.1 Å². The zero-order chi connectivity index (χ0) is 15.5. The Morgan fingerprint density at radius 1 is 1.38 bits per heavy atom. The number of pyridine rings is 1. The Bertz CT molecular complexity index is 552. The Labute approximate surface area is 122 Å². The third-order valence-electron chi connectivity index (χ3n) is 3.55. The lowest BCUT2D eigenvalue weighted by Gasteiger charge is -2.33. The van der Waals surface area contributed by atoms with E-state index in [9.17, 15) is 14.7 Å². The lowest BCUT2D eigenvalue weighted by atomic mass is 9.89. The topological polar surface area (TPSA) is 97.8 Å². The molecule has 0 unspecified atom stereocenters. The van der Waals surface area contributed by atoms with Crippen LogP contribution in [0.5, 0.6) is 5.88 Å². The Kier molecular flexibility index (Phi) is 4.42. The van der Waals surface area contributed by atoms with Crippen LogP contribution in [0.25, 0.3) is 0 Å². The van der Waals surface area contributed by atoms with Gasteiger partial charge in [-0.25, -0.2) is 9.78 Å². The monoisotopic (exact) mass is 294 g/mol. The number of aromatic nitrogens is 1. The van der Waals surface area contributed by atoms with Gasteiger partial charge in [0.05, 0.1) is 7.11 Å². The van der Waals surface area contributed by atoms with Crippen molar-refractivity contribution in [2.75, 3.05) is 20.3 Å². The highest BCUT2D eigenvalue weighted by Crippen LogP contribution is 2.23. The molecule has 0 bridgehead atoms. The summed E-state index contributed by atoms with van der Waals surface area (Å²) in [6.45, 7) is 2.38. The van der Waals surface area contributed by atoms with E-state index in [-0.39, 0.29) is 24.3 Å². The molecule has 0 spiro atoms. The number of hydrogen-bond donors (Lipinski definition) is 2. The van der Waals surface area contributed by atoms with Crippen molar-refractivity contribution in [1.82, 2.24) is 10.3 Å². The molecule has 114 valence electrons. The number of rotatable bonds is 4. The van der Waals surface area contributed by atoms with E-state index in [1.807, 2.05) is 0 Å². The second-order valence-corrected chi connectivity index (χ2v) is 4.96. The van der Waals surface area contributed by atoms with Gasteiger partial charge in [-0.1, -0.05) is 0 Å². The van der Waals surface area contributed by atoms with Crippen LogP contribution in [0.15, 0.2) is 12.1 Å². The molecular formula is C14H18N2O5. The van der Waals surface area contributed by atoms with Crippen LogP contribution in [0.2, 0.25) is 0 Å². The third-order valence-corrected chi connectivity index (χ3v) is 3.55. The molecule has 7 heteroatoms. The molecule has 1 aliphatic rings. The van der Waals surface area contributed by atoms with E-state index in [0.29, 0.717) is 18.9 Å². The second-order valence-electron chi connectivity index (χ2n) is 4.96. The van der Waals surface area contributed by atoms with Crippen molar-refractivity contribution in [2.45, 2.75) is 25.3 Å². The standard InChI is InChI=1S/C14H18N2O5/c1-9-3-4-10(12(15-9)20-2)11(17)16-14(13(18)19)5-7-21-8-6-14/h3-4H,5-8H2,1-2H3,(H,16,17)(H,18,19). The molecular weight excluding hydrogens is 276 g/mol. The van der Waals surface area contributed by atoms with Crippen molar-refractivity contribution in [1.29, 1.82) is 0 Å². The molecule has 21 heavy (non-hydrogen) atoms. The van der Waals surface area contributed by atoms with E-state index < -0.39 is 17.4 Å². The number of carbonyl (C=O) groups excluding carboxylic acids is 1. The first-order valence-corrected chi connectivity index (χ1v) is 6.64. The van der Waals surface area contributed by atoms with E-state index in [0.717, 1.165) is 0 Å². The van der Waals surface area contributed by atoms with Crippen molar-refractivity contribution in [3.05, 3.63) is 23.4 Å². The van der Waals surface area contributed by atoms with Crippen molar-refractivity contribution in [3.63, 3.8) is 0 Å². The lowest BCUT2D eigenvalue weighted by Crippen LogP contribution is -2.57. The summed E-state index contributed by atoms with van der Waals surface area (Å²) in [5, 5.41) is 12.0. The van der Waals surface area contributed by atoms with Gasteiger partial charge in [-0.2, -0.15) is 0 Å². The molecule has 0 radical (unpaired) electrons. The minimum atomic E-state index is -1.30. The maximum atomic E-state index is 12.4. The normalized spacial score (nSPS) is 17.0. The van der Waals surface area contributed by atoms with Gasteiger partial charge < -0.3 is 19.9 Å². The maximum Gasteiger partial charge on any atom is 0.329 e. The maximum absolute atomic E-state index is 12.4. The summed E-state index contributed by atoms with van der Waals surface area (Å²) in [6, 6.07) is 3.25. The minimum absolute atomic E-state index is 0.181. The first-order chi connectivity index (χ1) is 9.98. The number of carboxylic acids is 1. The predicted octanol–water partition coefficient (Wildman–Crippen LogP) is 0.762. The number of ether oxygens (including phenoxy) is 2. The van der Waals surface area contributed by atoms with E-state index in [1.54, 1.807) is 19.1 Å². The molecule has 0 aromatic carbocycles. The molecule has 0 saturated carbocycles. The van der Waals surface area contributed by atoms with Crippen LogP contribution in [-0.4, -0.2) is 47.8 Å². The molecule has 1 aliphatic heterocycles. The zero-order valence-corrected chi connectivity index (χ0v) is 12.0. The van der Waals surface area contributed by atoms with Gasteiger partial charge in [0.2, 0.25) is 5.88 Å². The van der Waals surface area contributed by atoms with Gasteiger partial charge in [-0.15, -0.1) is 0 Å². The molecule has 1 saturated heterocycles. The number of aliphatic carboxylic acids is 1. The number of nitrogens with one attached hydrogen (secondary N) is 1. The predicted molar refractivity (Wildman–Crippen MR) is 73.4 cm³/mol. The molecule has 2 heterocycles. The summed E-state index contributed by atoms with van der Waals surface area (Å²) in [5.41, 5.74) is -0.372. The summed E-state index contributed by atoms with van der Waals surface area (Å²) in [7, 11) is 1.42. The van der Waals surface area contributed by atoms with Crippen molar-refractivity contribution in [2.24, 2.45) is 0 Å². The zero-order valence-electron chi connectivity index (χ0n) is 12.0. The summed E-state index contributed by atoms with van der Waals surface area (Å²) >= 11 is 0. The number of hydrogen-bond acceptors (Lipinski definition) is 5. The summed E-state index contributed by atoms with van der Waals surface area (Å²) < 4.78 is 10.3. The summed E-state index contributed by atoms with van der Waals surface area (Å²) in [6.07, 6.45) is 0.464. The average Bonchev–Trinajstić information content (AvgIpc) is 2.47. The van der Waals surface area contributed by atoms with Gasteiger partial charge in [0.25, 0.3) is 5.91 Å². The largest absolute Gasteiger partial charge is 0.480 e. The van der Waals surface area contributed by atoms with Gasteiger partial charge in [0, 0.05) is 31.7 Å². The van der Waals surface area contributed by atoms with Crippen LogP contribution in [0, 0.1) is 6.92 Å². The molecule has 1 aromatic rings. The Morgan fingerprint density at radius 2 is 2.05 bits per heavy atom. The van der Waals surface area contributed by atoms with Crippen molar-refractivity contribution in [3.8, 4) is 5.88 Å². The summed E-state index contributed by atoms with van der Waals surface area (Å²) in [5.74, 6) is -1.39. The number of carboxylic acid groups (broad SMARTS) is 1. The molecule has 2 N–H and O–H groups in total. The number of aryl methyl sites for hydroxylation is 1. The molecule has 7 nitrogen and oxygen atoms in total. The van der Waals surface area contributed by atoms with Crippen LogP contribution in [0.4, 0.5) is 0 Å². The van der Waals surface area contributed by atoms with Crippen LogP contribution < -0.4 is 10.1 Å². The Morgan fingerprint density at radius 3 is 2.62 bits per heavy atom. The van der Waals surface area contributed by atoms with Gasteiger partial charge >= 0.3 is 5.97 Å². The van der Waals surface area contributed by atoms with Gasteiger partial charge in [-0.3, -0.25) is 4.79 Å². The SMILES string of the molecule is COc1nc(C)ccc1C(=O)NC1(C(=O)O)CCOCC1. The van der Waals surface area contributed by atoms with Crippen LogP contribution in [-0.2, 0) is 9.53 Å². The highest BCUT2D eigenvalue weighted by atomic mass is 16.5. The summed E-state index contributed by atoms with van der Waals surface area (Å²) in [4.78, 5) is 28.0. The highest BCUT2D eigenvalue weighted by molar-refractivity contribution is 5.99. The first-order valence-electron chi connectivity index (χ1n) is 6.64. The Balaban J connectivity index is 2.25. The second kappa shape index (κ2) is 6.09. The fourth-order valence-corrected chi connectivity index (χ4v) is 2.26. The highest BCUT2D eigenvalue weighted by Gasteiger charge is 2.42.